The van der Waals surface area contributed by atoms with E-state index in [0.717, 1.165) is 25.8 Å². The van der Waals surface area contributed by atoms with E-state index in [1.807, 2.05) is 6.92 Å². The number of amides is 1. The van der Waals surface area contributed by atoms with Crippen LogP contribution in [0.1, 0.15) is 39.0 Å². The largest absolute Gasteiger partial charge is 0.480 e. The summed E-state index contributed by atoms with van der Waals surface area (Å²) in [6.07, 6.45) is 3.71. The van der Waals surface area contributed by atoms with Gasteiger partial charge >= 0.3 is 5.97 Å². The molecule has 1 aliphatic heterocycles. The van der Waals surface area contributed by atoms with E-state index in [1.165, 1.54) is 0 Å². The van der Waals surface area contributed by atoms with Crippen LogP contribution in [0.3, 0.4) is 0 Å². The average Bonchev–Trinajstić information content (AvgIpc) is 2.69. The molecule has 1 rings (SSSR count). The predicted molar refractivity (Wildman–Crippen MR) is 60.1 cm³/mol. The number of hydrogen-bond donors (Lipinski definition) is 3. The third-order valence-electron chi connectivity index (χ3n) is 2.80. The van der Waals surface area contributed by atoms with Gasteiger partial charge in [0.05, 0.1) is 0 Å². The zero-order valence-corrected chi connectivity index (χ0v) is 9.66. The summed E-state index contributed by atoms with van der Waals surface area (Å²) in [6.45, 7) is 2.86. The van der Waals surface area contributed by atoms with Crippen molar-refractivity contribution in [3.05, 3.63) is 0 Å². The van der Waals surface area contributed by atoms with Gasteiger partial charge in [-0.2, -0.15) is 0 Å². The van der Waals surface area contributed by atoms with Crippen LogP contribution in [0.15, 0.2) is 0 Å². The highest BCUT2D eigenvalue weighted by Crippen LogP contribution is 2.08. The fourth-order valence-electron chi connectivity index (χ4n) is 1.95. The molecule has 1 heterocycles. The van der Waals surface area contributed by atoms with Crippen molar-refractivity contribution in [3.63, 3.8) is 0 Å². The van der Waals surface area contributed by atoms with Crippen LogP contribution >= 0.6 is 0 Å². The van der Waals surface area contributed by atoms with Gasteiger partial charge in [0, 0.05) is 12.5 Å². The number of carbonyl (C=O) groups excluding carboxylic acids is 1. The van der Waals surface area contributed by atoms with Crippen LogP contribution < -0.4 is 10.6 Å². The topological polar surface area (TPSA) is 78.4 Å². The lowest BCUT2D eigenvalue weighted by molar-refractivity contribution is -0.142. The molecule has 0 radical (unpaired) electrons. The average molecular weight is 228 g/mol. The summed E-state index contributed by atoms with van der Waals surface area (Å²) >= 11 is 0. The molecule has 1 fully saturated rings. The summed E-state index contributed by atoms with van der Waals surface area (Å²) in [4.78, 5) is 22.4. The van der Waals surface area contributed by atoms with Crippen molar-refractivity contribution in [2.45, 2.75) is 51.1 Å². The number of aliphatic carboxylic acids is 1. The van der Waals surface area contributed by atoms with Crippen molar-refractivity contribution in [1.82, 2.24) is 10.6 Å². The molecule has 5 heteroatoms. The molecule has 1 saturated heterocycles. The zero-order chi connectivity index (χ0) is 12.0. The molecule has 5 nitrogen and oxygen atoms in total. The maximum Gasteiger partial charge on any atom is 0.326 e. The molecule has 0 aliphatic carbocycles. The number of nitrogens with one attached hydrogen (secondary N) is 2. The minimum Gasteiger partial charge on any atom is -0.480 e. The quantitative estimate of drug-likeness (QED) is 0.618. The molecule has 0 aromatic carbocycles. The van der Waals surface area contributed by atoms with Gasteiger partial charge in [-0.05, 0) is 25.8 Å². The lowest BCUT2D eigenvalue weighted by Gasteiger charge is -2.15. The Balaban J connectivity index is 2.32. The standard InChI is InChI=1S/C11H20N2O3/c1-2-4-9(11(15)16)13-10(14)7-8-5-3-6-12-8/h8-9,12H,2-7H2,1H3,(H,13,14)(H,15,16)/t8?,9-/m1/s1. The summed E-state index contributed by atoms with van der Waals surface area (Å²) in [5, 5.41) is 14.7. The van der Waals surface area contributed by atoms with Gasteiger partial charge in [-0.15, -0.1) is 0 Å². The Labute approximate surface area is 95.6 Å². The van der Waals surface area contributed by atoms with Crippen molar-refractivity contribution in [3.8, 4) is 0 Å². The van der Waals surface area contributed by atoms with Crippen molar-refractivity contribution in [2.75, 3.05) is 6.54 Å². The summed E-state index contributed by atoms with van der Waals surface area (Å²) < 4.78 is 0. The van der Waals surface area contributed by atoms with Crippen LogP contribution in [-0.2, 0) is 9.59 Å². The van der Waals surface area contributed by atoms with E-state index in [0.29, 0.717) is 12.8 Å². The lowest BCUT2D eigenvalue weighted by atomic mass is 10.1. The van der Waals surface area contributed by atoms with E-state index in [9.17, 15) is 9.59 Å². The highest BCUT2D eigenvalue weighted by Gasteiger charge is 2.22. The summed E-state index contributed by atoms with van der Waals surface area (Å²) in [5.41, 5.74) is 0. The first-order chi connectivity index (χ1) is 7.63. The van der Waals surface area contributed by atoms with Crippen molar-refractivity contribution < 1.29 is 14.7 Å². The van der Waals surface area contributed by atoms with Crippen molar-refractivity contribution in [1.29, 1.82) is 0 Å². The molecule has 0 aromatic rings. The number of hydrogen-bond acceptors (Lipinski definition) is 3. The summed E-state index contributed by atoms with van der Waals surface area (Å²) in [5.74, 6) is -1.12. The van der Waals surface area contributed by atoms with Gasteiger partial charge in [-0.3, -0.25) is 4.79 Å². The molecular formula is C11H20N2O3. The summed E-state index contributed by atoms with van der Waals surface area (Å²) in [6, 6.07) is -0.519. The molecule has 2 atom stereocenters. The van der Waals surface area contributed by atoms with Gasteiger partial charge in [0.2, 0.25) is 5.91 Å². The summed E-state index contributed by atoms with van der Waals surface area (Å²) in [7, 11) is 0. The molecule has 0 spiro atoms. The first-order valence-corrected chi connectivity index (χ1v) is 5.89. The van der Waals surface area contributed by atoms with Crippen molar-refractivity contribution >= 4 is 11.9 Å². The predicted octanol–water partition coefficient (Wildman–Crippen LogP) is 0.498. The minimum absolute atomic E-state index is 0.166. The molecule has 3 N–H and O–H groups in total. The van der Waals surface area contributed by atoms with Crippen molar-refractivity contribution in [2.24, 2.45) is 0 Å². The van der Waals surface area contributed by atoms with Gasteiger partial charge < -0.3 is 15.7 Å². The van der Waals surface area contributed by atoms with E-state index >= 15 is 0 Å². The third-order valence-corrected chi connectivity index (χ3v) is 2.80. The van der Waals surface area contributed by atoms with Crippen LogP contribution in [-0.4, -0.2) is 35.6 Å². The van der Waals surface area contributed by atoms with Gasteiger partial charge in [0.25, 0.3) is 0 Å². The maximum absolute atomic E-state index is 11.6. The van der Waals surface area contributed by atoms with Crippen LogP contribution in [0, 0.1) is 0 Å². The van der Waals surface area contributed by atoms with E-state index in [-0.39, 0.29) is 11.9 Å². The molecule has 16 heavy (non-hydrogen) atoms. The molecule has 1 amide bonds. The lowest BCUT2D eigenvalue weighted by Crippen LogP contribution is -2.42. The molecule has 0 saturated carbocycles. The SMILES string of the molecule is CCC[C@@H](NC(=O)CC1CCCN1)C(=O)O. The zero-order valence-electron chi connectivity index (χ0n) is 9.66. The highest BCUT2D eigenvalue weighted by molar-refractivity contribution is 5.83. The highest BCUT2D eigenvalue weighted by atomic mass is 16.4. The molecule has 0 aromatic heterocycles. The number of rotatable bonds is 6. The fraction of sp³-hybridized carbons (Fsp3) is 0.818. The first-order valence-electron chi connectivity index (χ1n) is 5.89. The number of carbonyl (C=O) groups is 2. The molecule has 92 valence electrons. The molecular weight excluding hydrogens is 208 g/mol. The van der Waals surface area contributed by atoms with E-state index in [4.69, 9.17) is 5.11 Å². The van der Waals surface area contributed by atoms with Gasteiger partial charge in [0.15, 0.2) is 0 Å². The monoisotopic (exact) mass is 228 g/mol. The Morgan fingerprint density at radius 3 is 2.81 bits per heavy atom. The molecule has 1 aliphatic rings. The Morgan fingerprint density at radius 1 is 1.56 bits per heavy atom. The Hall–Kier alpha value is -1.10. The van der Waals surface area contributed by atoms with Crippen LogP contribution in [0.2, 0.25) is 0 Å². The fourth-order valence-corrected chi connectivity index (χ4v) is 1.95. The smallest absolute Gasteiger partial charge is 0.326 e. The van der Waals surface area contributed by atoms with Gasteiger partial charge in [0.1, 0.15) is 6.04 Å². The second kappa shape index (κ2) is 6.48. The Morgan fingerprint density at radius 2 is 2.31 bits per heavy atom. The van der Waals surface area contributed by atoms with Crippen LogP contribution in [0.5, 0.6) is 0 Å². The first kappa shape index (κ1) is 13.0. The van der Waals surface area contributed by atoms with E-state index < -0.39 is 12.0 Å². The minimum atomic E-state index is -0.949. The Kier molecular flexibility index (Phi) is 5.25. The molecule has 0 bridgehead atoms. The maximum atomic E-state index is 11.6. The van der Waals surface area contributed by atoms with Crippen LogP contribution in [0.4, 0.5) is 0 Å². The van der Waals surface area contributed by atoms with Gasteiger partial charge in [-0.1, -0.05) is 13.3 Å². The molecule has 1 unspecified atom stereocenters. The van der Waals surface area contributed by atoms with Crippen LogP contribution in [0.25, 0.3) is 0 Å². The Bertz CT molecular complexity index is 250. The second-order valence-corrected chi connectivity index (χ2v) is 4.24. The second-order valence-electron chi connectivity index (χ2n) is 4.24. The normalized spacial score (nSPS) is 21.7. The number of carboxylic acids is 1. The third kappa shape index (κ3) is 4.18. The van der Waals surface area contributed by atoms with E-state index in [2.05, 4.69) is 10.6 Å². The van der Waals surface area contributed by atoms with Gasteiger partial charge in [-0.25, -0.2) is 4.79 Å². The van der Waals surface area contributed by atoms with E-state index in [1.54, 1.807) is 0 Å². The number of carboxylic acid groups (broad SMARTS) is 1.